The second-order valence-electron chi connectivity index (χ2n) is 24.2. The minimum atomic E-state index is -4.94. The maximum absolute atomic E-state index is 13.0. The van der Waals surface area contributed by atoms with Crippen LogP contribution in [-0.2, 0) is 65.4 Å². The number of aliphatic hydroxyl groups excluding tert-OH is 1. The minimum Gasteiger partial charge on any atom is -0.462 e. The number of unbranched alkanes of at least 4 members (excludes halogenated alkanes) is 33. The fourth-order valence-corrected chi connectivity index (χ4v) is 11.3. The molecular weight excluding hydrogens is 1110 g/mol. The van der Waals surface area contributed by atoms with Crippen LogP contribution in [0.3, 0.4) is 0 Å². The number of aliphatic hydroxyl groups is 1. The lowest BCUT2D eigenvalue weighted by atomic mass is 10.00. The Morgan fingerprint density at radius 2 is 0.607 bits per heavy atom. The summed E-state index contributed by atoms with van der Waals surface area (Å²) in [5.41, 5.74) is 0. The third kappa shape index (κ3) is 57.8. The molecule has 0 bridgehead atoms. The van der Waals surface area contributed by atoms with Gasteiger partial charge in [0.15, 0.2) is 12.2 Å². The van der Waals surface area contributed by atoms with Crippen molar-refractivity contribution < 1.29 is 80.2 Å². The average molecular weight is 1240 g/mol. The van der Waals surface area contributed by atoms with Crippen LogP contribution in [0.4, 0.5) is 0 Å². The summed E-state index contributed by atoms with van der Waals surface area (Å²) in [6, 6.07) is 0. The number of hydrogen-bond acceptors (Lipinski definition) is 15. The van der Waals surface area contributed by atoms with E-state index in [0.717, 1.165) is 115 Å². The molecular formula is C65H126O17P2. The number of hydrogen-bond donors (Lipinski definition) is 3. The van der Waals surface area contributed by atoms with Crippen LogP contribution < -0.4 is 0 Å². The third-order valence-electron chi connectivity index (χ3n) is 15.3. The molecule has 19 heteroatoms. The molecule has 0 aliphatic heterocycles. The molecule has 0 rings (SSSR count). The molecule has 498 valence electrons. The lowest BCUT2D eigenvalue weighted by Gasteiger charge is -2.21. The van der Waals surface area contributed by atoms with E-state index in [2.05, 4.69) is 41.5 Å². The second kappa shape index (κ2) is 57.5. The van der Waals surface area contributed by atoms with Gasteiger partial charge in [-0.05, 0) is 37.5 Å². The highest BCUT2D eigenvalue weighted by Gasteiger charge is 2.30. The first kappa shape index (κ1) is 82.1. The van der Waals surface area contributed by atoms with Gasteiger partial charge in [0.2, 0.25) is 0 Å². The maximum Gasteiger partial charge on any atom is 0.472 e. The fraction of sp³-hybridized carbons (Fsp3) is 0.938. The fourth-order valence-electron chi connectivity index (χ4n) is 9.68. The molecule has 0 aromatic carbocycles. The number of rotatable bonds is 64. The molecule has 0 aliphatic rings. The Bertz CT molecular complexity index is 1650. The molecule has 0 fully saturated rings. The molecule has 0 saturated heterocycles. The van der Waals surface area contributed by atoms with Gasteiger partial charge in [0.25, 0.3) is 0 Å². The minimum absolute atomic E-state index is 0.105. The molecule has 0 spiro atoms. The summed E-state index contributed by atoms with van der Waals surface area (Å²) in [6.45, 7) is 9.40. The van der Waals surface area contributed by atoms with E-state index in [1.807, 2.05) is 0 Å². The Balaban J connectivity index is 5.12. The van der Waals surface area contributed by atoms with E-state index < -0.39 is 97.5 Å². The Morgan fingerprint density at radius 1 is 0.345 bits per heavy atom. The molecule has 0 aromatic rings. The van der Waals surface area contributed by atoms with Crippen molar-refractivity contribution in [1.29, 1.82) is 0 Å². The lowest BCUT2D eigenvalue weighted by molar-refractivity contribution is -0.161. The van der Waals surface area contributed by atoms with E-state index in [1.54, 1.807) is 0 Å². The van der Waals surface area contributed by atoms with Gasteiger partial charge in [-0.15, -0.1) is 0 Å². The van der Waals surface area contributed by atoms with E-state index in [-0.39, 0.29) is 25.7 Å². The SMILES string of the molecule is CCCCCCCCCCCCC(=O)O[C@H](COC(=O)CCCCCCC)COP(=O)(O)OC[C@H](O)COP(=O)(O)OC[C@@H](COC(=O)CCCCCCCCC(C)CC)OC(=O)CCCCCCCCCCCCCCCCCCC(C)C. The zero-order valence-corrected chi connectivity index (χ0v) is 56.0. The number of phosphoric acid groups is 2. The number of ether oxygens (including phenoxy) is 4. The largest absolute Gasteiger partial charge is 0.472 e. The summed E-state index contributed by atoms with van der Waals surface area (Å²) < 4.78 is 67.8. The Morgan fingerprint density at radius 3 is 0.905 bits per heavy atom. The number of esters is 4. The van der Waals surface area contributed by atoms with Crippen molar-refractivity contribution in [2.24, 2.45) is 11.8 Å². The predicted molar refractivity (Wildman–Crippen MR) is 335 cm³/mol. The van der Waals surface area contributed by atoms with Crippen molar-refractivity contribution in [3.8, 4) is 0 Å². The quantitative estimate of drug-likeness (QED) is 0.0222. The summed E-state index contributed by atoms with van der Waals surface area (Å²) in [5.74, 6) is -0.604. The summed E-state index contributed by atoms with van der Waals surface area (Å²) in [5, 5.41) is 10.5. The third-order valence-corrected chi connectivity index (χ3v) is 17.2. The van der Waals surface area contributed by atoms with Crippen LogP contribution in [-0.4, -0.2) is 96.7 Å². The van der Waals surface area contributed by atoms with E-state index in [0.29, 0.717) is 25.7 Å². The van der Waals surface area contributed by atoms with Gasteiger partial charge in [0, 0.05) is 25.7 Å². The summed E-state index contributed by atoms with van der Waals surface area (Å²) >= 11 is 0. The molecule has 84 heavy (non-hydrogen) atoms. The normalized spacial score (nSPS) is 14.6. The molecule has 0 heterocycles. The highest BCUT2D eigenvalue weighted by atomic mass is 31.2. The van der Waals surface area contributed by atoms with Crippen molar-refractivity contribution in [3.05, 3.63) is 0 Å². The van der Waals surface area contributed by atoms with Gasteiger partial charge in [-0.3, -0.25) is 37.3 Å². The van der Waals surface area contributed by atoms with Crippen LogP contribution >= 0.6 is 15.6 Å². The zero-order chi connectivity index (χ0) is 62.2. The molecule has 6 atom stereocenters. The number of carbonyl (C=O) groups excluding carboxylic acids is 4. The van der Waals surface area contributed by atoms with Crippen molar-refractivity contribution in [3.63, 3.8) is 0 Å². The van der Waals surface area contributed by atoms with Gasteiger partial charge < -0.3 is 33.8 Å². The Hall–Kier alpha value is -1.94. The zero-order valence-electron chi connectivity index (χ0n) is 54.2. The van der Waals surface area contributed by atoms with Gasteiger partial charge in [-0.25, -0.2) is 9.13 Å². The summed E-state index contributed by atoms with van der Waals surface area (Å²) in [4.78, 5) is 72.0. The summed E-state index contributed by atoms with van der Waals surface area (Å²) in [7, 11) is -9.88. The molecule has 17 nitrogen and oxygen atoms in total. The van der Waals surface area contributed by atoms with Crippen LogP contribution in [0.2, 0.25) is 0 Å². The maximum atomic E-state index is 13.0. The molecule has 0 aromatic heterocycles. The van der Waals surface area contributed by atoms with E-state index in [1.165, 1.54) is 128 Å². The molecule has 0 amide bonds. The van der Waals surface area contributed by atoms with Gasteiger partial charge in [0.05, 0.1) is 26.4 Å². The first-order chi connectivity index (χ1) is 40.4. The highest BCUT2D eigenvalue weighted by molar-refractivity contribution is 7.47. The van der Waals surface area contributed by atoms with Gasteiger partial charge in [0.1, 0.15) is 19.3 Å². The standard InChI is InChI=1S/C65H126O17P2/c1-7-10-12-14-15-16-26-29-37-43-49-64(69)81-60(53-75-62(67)47-41-33-13-11-8-2)55-79-83(71,72)77-51-59(66)52-78-84(73,74)80-56-61(54-76-63(68)48-42-36-32-31-35-40-46-58(6)9-3)82-65(70)50-44-38-30-27-24-22-20-18-17-19-21-23-25-28-34-39-45-57(4)5/h57-61,66H,7-56H2,1-6H3,(H,71,72)(H,73,74)/t58?,59-,60+,61+/m0/s1. The monoisotopic (exact) mass is 1240 g/mol. The van der Waals surface area contributed by atoms with Crippen LogP contribution in [0, 0.1) is 11.8 Å². The van der Waals surface area contributed by atoms with Crippen molar-refractivity contribution in [2.45, 2.75) is 342 Å². The van der Waals surface area contributed by atoms with Crippen LogP contribution in [0.1, 0.15) is 324 Å². The van der Waals surface area contributed by atoms with E-state index >= 15 is 0 Å². The smallest absolute Gasteiger partial charge is 0.462 e. The molecule has 0 aliphatic carbocycles. The van der Waals surface area contributed by atoms with E-state index in [9.17, 15) is 43.2 Å². The van der Waals surface area contributed by atoms with Crippen LogP contribution in [0.5, 0.6) is 0 Å². The lowest BCUT2D eigenvalue weighted by Crippen LogP contribution is -2.30. The Kier molecular flexibility index (Phi) is 56.2. The first-order valence-corrected chi connectivity index (χ1v) is 37.0. The van der Waals surface area contributed by atoms with Crippen molar-refractivity contribution in [2.75, 3.05) is 39.6 Å². The topological polar surface area (TPSA) is 237 Å². The molecule has 3 N–H and O–H groups in total. The average Bonchev–Trinajstić information content (AvgIpc) is 3.49. The molecule has 3 unspecified atom stereocenters. The van der Waals surface area contributed by atoms with Crippen LogP contribution in [0.25, 0.3) is 0 Å². The molecule has 0 radical (unpaired) electrons. The number of carbonyl (C=O) groups is 4. The van der Waals surface area contributed by atoms with Crippen molar-refractivity contribution >= 4 is 39.5 Å². The number of phosphoric ester groups is 2. The summed E-state index contributed by atoms with van der Waals surface area (Å²) in [6.07, 6.45) is 40.8. The van der Waals surface area contributed by atoms with E-state index in [4.69, 9.17) is 37.0 Å². The predicted octanol–water partition coefficient (Wildman–Crippen LogP) is 18.0. The molecule has 0 saturated carbocycles. The second-order valence-corrected chi connectivity index (χ2v) is 27.1. The first-order valence-electron chi connectivity index (χ1n) is 34.0. The van der Waals surface area contributed by atoms with Gasteiger partial charge in [-0.1, -0.05) is 273 Å². The Labute approximate surface area is 511 Å². The van der Waals surface area contributed by atoms with Crippen molar-refractivity contribution in [1.82, 2.24) is 0 Å². The highest BCUT2D eigenvalue weighted by Crippen LogP contribution is 2.45. The van der Waals surface area contributed by atoms with Gasteiger partial charge >= 0.3 is 39.5 Å². The van der Waals surface area contributed by atoms with Gasteiger partial charge in [-0.2, -0.15) is 0 Å². The van der Waals surface area contributed by atoms with Crippen LogP contribution in [0.15, 0.2) is 0 Å².